The molecule has 0 aromatic heterocycles. The van der Waals surface area contributed by atoms with Gasteiger partial charge in [0.15, 0.2) is 0 Å². The molecule has 1 atom stereocenters. The molecule has 0 radical (unpaired) electrons. The molecule has 1 aliphatic rings. The first-order chi connectivity index (χ1) is 13.1. The van der Waals surface area contributed by atoms with Crippen molar-refractivity contribution in [2.24, 2.45) is 5.10 Å². The summed E-state index contributed by atoms with van der Waals surface area (Å²) in [5, 5.41) is 24.6. The zero-order chi connectivity index (χ0) is 18.8. The van der Waals surface area contributed by atoms with Crippen molar-refractivity contribution in [2.45, 2.75) is 5.92 Å². The second-order valence-corrected chi connectivity index (χ2v) is 6.69. The average Bonchev–Trinajstić information content (AvgIpc) is 2.68. The molecule has 1 aliphatic heterocycles. The lowest BCUT2D eigenvalue weighted by Gasteiger charge is -2.27. The van der Waals surface area contributed by atoms with E-state index in [4.69, 9.17) is 16.3 Å². The molecule has 0 amide bonds. The molecule has 0 fully saturated rings. The van der Waals surface area contributed by atoms with Gasteiger partial charge >= 0.3 is 0 Å². The maximum Gasteiger partial charge on any atom is 0.132 e. The van der Waals surface area contributed by atoms with E-state index in [0.29, 0.717) is 17.4 Å². The fourth-order valence-corrected chi connectivity index (χ4v) is 3.16. The van der Waals surface area contributed by atoms with Crippen LogP contribution in [0.15, 0.2) is 71.8 Å². The quantitative estimate of drug-likeness (QED) is 0.573. The first kappa shape index (κ1) is 17.2. The van der Waals surface area contributed by atoms with E-state index < -0.39 is 0 Å². The number of hydrogen-bond donors (Lipinski definition) is 3. The molecule has 0 saturated carbocycles. The minimum Gasteiger partial charge on any atom is -0.508 e. The molecule has 3 N–H and O–H groups in total. The van der Waals surface area contributed by atoms with Gasteiger partial charge in [-0.3, -0.25) is 5.43 Å². The monoisotopic (exact) mass is 380 g/mol. The lowest BCUT2D eigenvalue weighted by molar-refractivity contribution is 0.300. The number of anilines is 1. The lowest BCUT2D eigenvalue weighted by atomic mass is 9.88. The van der Waals surface area contributed by atoms with Crippen LogP contribution in [0.3, 0.4) is 0 Å². The van der Waals surface area contributed by atoms with Crippen LogP contribution < -0.4 is 10.2 Å². The molecule has 4 rings (SSSR count). The molecule has 3 aromatic rings. The summed E-state index contributed by atoms with van der Waals surface area (Å²) in [6.45, 7) is 0.377. The topological polar surface area (TPSA) is 74.1 Å². The van der Waals surface area contributed by atoms with Gasteiger partial charge in [0.05, 0.1) is 17.3 Å². The number of phenolic OH excluding ortho intramolecular Hbond substituents is 2. The SMILES string of the molecule is Oc1ccc(C2COc3cc(O)ccc3C2=NNc2ccc(Cl)cc2)cc1. The summed E-state index contributed by atoms with van der Waals surface area (Å²) in [6, 6.07) is 19.3. The summed E-state index contributed by atoms with van der Waals surface area (Å²) in [7, 11) is 0. The van der Waals surface area contributed by atoms with Crippen LogP contribution in [-0.2, 0) is 0 Å². The third-order valence-corrected chi connectivity index (χ3v) is 4.67. The van der Waals surface area contributed by atoms with Crippen LogP contribution in [0.4, 0.5) is 5.69 Å². The summed E-state index contributed by atoms with van der Waals surface area (Å²) in [5.74, 6) is 0.810. The fourth-order valence-electron chi connectivity index (χ4n) is 3.03. The number of benzene rings is 3. The third-order valence-electron chi connectivity index (χ3n) is 4.42. The Labute approximate surface area is 161 Å². The van der Waals surface area contributed by atoms with Crippen molar-refractivity contribution >= 4 is 23.0 Å². The van der Waals surface area contributed by atoms with Crippen molar-refractivity contribution in [3.05, 3.63) is 82.9 Å². The van der Waals surface area contributed by atoms with Crippen LogP contribution >= 0.6 is 11.6 Å². The van der Waals surface area contributed by atoms with Gasteiger partial charge in [0, 0.05) is 16.7 Å². The van der Waals surface area contributed by atoms with Gasteiger partial charge < -0.3 is 14.9 Å². The Hall–Kier alpha value is -3.18. The Morgan fingerprint density at radius 2 is 1.63 bits per heavy atom. The van der Waals surface area contributed by atoms with Gasteiger partial charge in [-0.15, -0.1) is 0 Å². The Balaban J connectivity index is 1.74. The van der Waals surface area contributed by atoms with Crippen LogP contribution in [0.2, 0.25) is 5.02 Å². The molecule has 5 nitrogen and oxygen atoms in total. The molecule has 0 aliphatic carbocycles. The zero-order valence-corrected chi connectivity index (χ0v) is 15.0. The van der Waals surface area contributed by atoms with E-state index in [1.807, 2.05) is 24.3 Å². The summed E-state index contributed by atoms with van der Waals surface area (Å²) in [5.41, 5.74) is 6.45. The second kappa shape index (κ2) is 7.21. The average molecular weight is 381 g/mol. The summed E-state index contributed by atoms with van der Waals surface area (Å²) in [6.07, 6.45) is 0. The van der Waals surface area contributed by atoms with Gasteiger partial charge in [-0.05, 0) is 54.1 Å². The van der Waals surface area contributed by atoms with Crippen LogP contribution in [0.1, 0.15) is 17.0 Å². The highest BCUT2D eigenvalue weighted by molar-refractivity contribution is 6.30. The molecule has 1 unspecified atom stereocenters. The van der Waals surface area contributed by atoms with E-state index in [0.717, 1.165) is 22.5 Å². The molecule has 3 aromatic carbocycles. The Kier molecular flexibility index (Phi) is 4.60. The van der Waals surface area contributed by atoms with Crippen LogP contribution in [0, 0.1) is 0 Å². The van der Waals surface area contributed by atoms with Crippen molar-refractivity contribution in [3.8, 4) is 17.2 Å². The number of ether oxygens (including phenoxy) is 1. The zero-order valence-electron chi connectivity index (χ0n) is 14.3. The predicted molar refractivity (Wildman–Crippen MR) is 106 cm³/mol. The van der Waals surface area contributed by atoms with Crippen molar-refractivity contribution in [1.82, 2.24) is 0 Å². The second-order valence-electron chi connectivity index (χ2n) is 6.25. The molecular weight excluding hydrogens is 364 g/mol. The Morgan fingerprint density at radius 1 is 0.926 bits per heavy atom. The van der Waals surface area contributed by atoms with Crippen molar-refractivity contribution < 1.29 is 14.9 Å². The normalized spacial score (nSPS) is 17.2. The largest absolute Gasteiger partial charge is 0.508 e. The van der Waals surface area contributed by atoms with Gasteiger partial charge in [-0.25, -0.2) is 0 Å². The highest BCUT2D eigenvalue weighted by Crippen LogP contribution is 2.35. The highest BCUT2D eigenvalue weighted by atomic mass is 35.5. The third kappa shape index (κ3) is 3.68. The molecular formula is C21H17ClN2O3. The van der Waals surface area contributed by atoms with E-state index in [1.54, 1.807) is 42.5 Å². The number of nitrogens with one attached hydrogen (secondary N) is 1. The smallest absolute Gasteiger partial charge is 0.132 e. The van der Waals surface area contributed by atoms with Gasteiger partial charge in [0.1, 0.15) is 23.9 Å². The molecule has 1 heterocycles. The van der Waals surface area contributed by atoms with Crippen molar-refractivity contribution in [1.29, 1.82) is 0 Å². The molecule has 0 spiro atoms. The highest BCUT2D eigenvalue weighted by Gasteiger charge is 2.29. The molecule has 0 bridgehead atoms. The standard InChI is InChI=1S/C21H17ClN2O3/c22-14-3-5-15(6-4-14)23-24-21-18-10-9-17(26)11-20(18)27-12-19(21)13-1-7-16(25)8-2-13/h1-11,19,23,25-26H,12H2. The van der Waals surface area contributed by atoms with Gasteiger partial charge in [0.2, 0.25) is 0 Å². The van der Waals surface area contributed by atoms with E-state index in [-0.39, 0.29) is 17.4 Å². The van der Waals surface area contributed by atoms with Crippen molar-refractivity contribution in [2.75, 3.05) is 12.0 Å². The van der Waals surface area contributed by atoms with E-state index in [1.165, 1.54) is 0 Å². The number of fused-ring (bicyclic) bond motifs is 1. The minimum atomic E-state index is -0.123. The van der Waals surface area contributed by atoms with E-state index in [2.05, 4.69) is 10.5 Å². The minimum absolute atomic E-state index is 0.123. The number of nitrogens with zero attached hydrogens (tertiary/aromatic N) is 1. The fraction of sp³-hybridized carbons (Fsp3) is 0.0952. The number of rotatable bonds is 3. The van der Waals surface area contributed by atoms with E-state index in [9.17, 15) is 10.2 Å². The van der Waals surface area contributed by atoms with Gasteiger partial charge in [-0.2, -0.15) is 5.10 Å². The first-order valence-electron chi connectivity index (χ1n) is 8.44. The summed E-state index contributed by atoms with van der Waals surface area (Å²) in [4.78, 5) is 0. The molecule has 6 heteroatoms. The number of phenols is 2. The maximum atomic E-state index is 9.75. The number of aromatic hydroxyl groups is 2. The lowest BCUT2D eigenvalue weighted by Crippen LogP contribution is -2.27. The predicted octanol–water partition coefficient (Wildman–Crippen LogP) is 4.74. The summed E-state index contributed by atoms with van der Waals surface area (Å²) >= 11 is 5.93. The molecule has 136 valence electrons. The maximum absolute atomic E-state index is 9.75. The van der Waals surface area contributed by atoms with Crippen molar-refractivity contribution in [3.63, 3.8) is 0 Å². The molecule has 27 heavy (non-hydrogen) atoms. The van der Waals surface area contributed by atoms with Gasteiger partial charge in [0.25, 0.3) is 0 Å². The number of hydrazone groups is 1. The molecule has 0 saturated heterocycles. The van der Waals surface area contributed by atoms with Crippen LogP contribution in [0.5, 0.6) is 17.2 Å². The Bertz CT molecular complexity index is 985. The first-order valence-corrected chi connectivity index (χ1v) is 8.82. The number of halogens is 1. The van der Waals surface area contributed by atoms with Gasteiger partial charge in [-0.1, -0.05) is 23.7 Å². The summed E-state index contributed by atoms with van der Waals surface area (Å²) < 4.78 is 5.85. The van der Waals surface area contributed by atoms with Crippen LogP contribution in [-0.4, -0.2) is 22.5 Å². The Morgan fingerprint density at radius 3 is 2.37 bits per heavy atom. The number of hydrogen-bond acceptors (Lipinski definition) is 5. The van der Waals surface area contributed by atoms with E-state index >= 15 is 0 Å². The van der Waals surface area contributed by atoms with Crippen LogP contribution in [0.25, 0.3) is 0 Å².